The maximum Gasteiger partial charge on any atom is 0.404 e. The summed E-state index contributed by atoms with van der Waals surface area (Å²) in [4.78, 5) is 21.1. The highest BCUT2D eigenvalue weighted by molar-refractivity contribution is 5.65. The zero-order valence-corrected chi connectivity index (χ0v) is 9.40. The predicted octanol–water partition coefficient (Wildman–Crippen LogP) is 1.15. The van der Waals surface area contributed by atoms with Gasteiger partial charge < -0.3 is 20.9 Å². The lowest BCUT2D eigenvalue weighted by atomic mass is 9.83. The second kappa shape index (κ2) is 6.71. The number of hydrogen-bond donors (Lipinski definition) is 2. The molecule has 0 aromatic carbocycles. The lowest BCUT2D eigenvalue weighted by Crippen LogP contribution is -2.35. The van der Waals surface area contributed by atoms with Crippen LogP contribution in [0, 0.1) is 5.41 Å². The van der Waals surface area contributed by atoms with Crippen molar-refractivity contribution >= 4 is 12.2 Å². The molecule has 0 aromatic heterocycles. The molecule has 0 radical (unpaired) electrons. The molecule has 0 bridgehead atoms. The van der Waals surface area contributed by atoms with Crippen LogP contribution < -0.4 is 11.5 Å². The van der Waals surface area contributed by atoms with E-state index in [-0.39, 0.29) is 13.2 Å². The number of carbonyl (C=O) groups excluding carboxylic acids is 2. The van der Waals surface area contributed by atoms with Crippen molar-refractivity contribution in [2.45, 2.75) is 19.8 Å². The van der Waals surface area contributed by atoms with Crippen LogP contribution in [0.2, 0.25) is 0 Å². The van der Waals surface area contributed by atoms with Crippen LogP contribution in [-0.2, 0) is 9.47 Å². The fraction of sp³-hybridized carbons (Fsp3) is 0.600. The Morgan fingerprint density at radius 1 is 1.25 bits per heavy atom. The molecular weight excluding hydrogens is 212 g/mol. The van der Waals surface area contributed by atoms with Gasteiger partial charge in [-0.3, -0.25) is 0 Å². The predicted molar refractivity (Wildman–Crippen MR) is 58.6 cm³/mol. The number of nitrogens with two attached hydrogens (primary N) is 2. The smallest absolute Gasteiger partial charge is 0.404 e. The molecule has 0 heterocycles. The number of amides is 2. The summed E-state index contributed by atoms with van der Waals surface area (Å²) in [5.41, 5.74) is 9.27. The van der Waals surface area contributed by atoms with Crippen molar-refractivity contribution < 1.29 is 19.1 Å². The van der Waals surface area contributed by atoms with Crippen LogP contribution in [0.3, 0.4) is 0 Å². The number of hydrogen-bond acceptors (Lipinski definition) is 4. The second-order valence-electron chi connectivity index (χ2n) is 3.56. The average molecular weight is 230 g/mol. The third-order valence-electron chi connectivity index (χ3n) is 2.37. The van der Waals surface area contributed by atoms with Crippen LogP contribution in [0.5, 0.6) is 0 Å². The molecule has 92 valence electrons. The Morgan fingerprint density at radius 2 is 1.69 bits per heavy atom. The molecule has 16 heavy (non-hydrogen) atoms. The minimum atomic E-state index is -0.860. The molecule has 0 aliphatic carbocycles. The second-order valence-corrected chi connectivity index (χ2v) is 3.56. The van der Waals surface area contributed by atoms with Crippen molar-refractivity contribution in [1.29, 1.82) is 0 Å². The van der Waals surface area contributed by atoms with Gasteiger partial charge in [0, 0.05) is 5.41 Å². The van der Waals surface area contributed by atoms with Gasteiger partial charge in [0.05, 0.1) is 0 Å². The molecule has 0 saturated heterocycles. The molecule has 0 saturated carbocycles. The Kier molecular flexibility index (Phi) is 5.99. The van der Waals surface area contributed by atoms with Crippen LogP contribution >= 0.6 is 0 Å². The van der Waals surface area contributed by atoms with E-state index in [2.05, 4.69) is 6.58 Å². The van der Waals surface area contributed by atoms with Crippen LogP contribution in [0.4, 0.5) is 9.59 Å². The summed E-state index contributed by atoms with van der Waals surface area (Å²) in [7, 11) is 0. The third-order valence-corrected chi connectivity index (χ3v) is 2.37. The van der Waals surface area contributed by atoms with E-state index in [1.807, 2.05) is 6.92 Å². The van der Waals surface area contributed by atoms with Gasteiger partial charge in [0.2, 0.25) is 0 Å². The van der Waals surface area contributed by atoms with E-state index in [1.165, 1.54) is 0 Å². The molecular formula is C10H18N2O4. The van der Waals surface area contributed by atoms with Gasteiger partial charge in [-0.25, -0.2) is 9.59 Å². The van der Waals surface area contributed by atoms with Gasteiger partial charge in [-0.2, -0.15) is 0 Å². The van der Waals surface area contributed by atoms with Crippen LogP contribution in [0.25, 0.3) is 0 Å². The van der Waals surface area contributed by atoms with E-state index in [0.717, 1.165) is 0 Å². The van der Waals surface area contributed by atoms with E-state index in [1.54, 1.807) is 6.08 Å². The van der Waals surface area contributed by atoms with Crippen molar-refractivity contribution in [2.75, 3.05) is 13.2 Å². The molecule has 0 fully saturated rings. The highest BCUT2D eigenvalue weighted by Gasteiger charge is 2.30. The normalized spacial score (nSPS) is 10.6. The average Bonchev–Trinajstić information content (AvgIpc) is 2.22. The number of carbonyl (C=O) groups is 2. The fourth-order valence-corrected chi connectivity index (χ4v) is 1.26. The molecule has 0 rings (SSSR count). The van der Waals surface area contributed by atoms with Gasteiger partial charge in [0.25, 0.3) is 0 Å². The third kappa shape index (κ3) is 5.23. The summed E-state index contributed by atoms with van der Waals surface area (Å²) in [6, 6.07) is 0. The number of allylic oxidation sites excluding steroid dienone is 1. The topological polar surface area (TPSA) is 105 Å². The Morgan fingerprint density at radius 3 is 1.94 bits per heavy atom. The molecule has 2 amide bonds. The first kappa shape index (κ1) is 14.3. The maximum atomic E-state index is 10.5. The van der Waals surface area contributed by atoms with E-state index < -0.39 is 17.6 Å². The quantitative estimate of drug-likeness (QED) is 0.640. The summed E-state index contributed by atoms with van der Waals surface area (Å²) < 4.78 is 9.48. The van der Waals surface area contributed by atoms with E-state index in [9.17, 15) is 9.59 Å². The van der Waals surface area contributed by atoms with Gasteiger partial charge in [-0.15, -0.1) is 6.58 Å². The Balaban J connectivity index is 4.48. The van der Waals surface area contributed by atoms with Crippen molar-refractivity contribution in [1.82, 2.24) is 0 Å². The van der Waals surface area contributed by atoms with Crippen LogP contribution in [0.15, 0.2) is 12.7 Å². The van der Waals surface area contributed by atoms with Crippen molar-refractivity contribution in [3.63, 3.8) is 0 Å². The Bertz CT molecular complexity index is 248. The highest BCUT2D eigenvalue weighted by atomic mass is 16.6. The number of primary amides is 2. The maximum absolute atomic E-state index is 10.5. The molecule has 0 aliphatic rings. The lowest BCUT2D eigenvalue weighted by molar-refractivity contribution is 0.0303. The van der Waals surface area contributed by atoms with Crippen molar-refractivity contribution in [3.05, 3.63) is 12.7 Å². The standard InChI is InChI=1S/C10H18N2O4/c1-3-5-10(4-2,6-15-8(11)13)7-16-9(12)14/h3H,1,4-7H2,2H3,(H2,11,13)(H2,12,14). The first-order chi connectivity index (χ1) is 7.45. The monoisotopic (exact) mass is 230 g/mol. The zero-order chi connectivity index (χ0) is 12.6. The van der Waals surface area contributed by atoms with Gasteiger partial charge >= 0.3 is 12.2 Å². The minimum absolute atomic E-state index is 0.0676. The molecule has 0 spiro atoms. The van der Waals surface area contributed by atoms with E-state index in [4.69, 9.17) is 20.9 Å². The van der Waals surface area contributed by atoms with Crippen LogP contribution in [-0.4, -0.2) is 25.4 Å². The SMILES string of the molecule is C=CCC(CC)(COC(N)=O)COC(N)=O. The Hall–Kier alpha value is -1.72. The summed E-state index contributed by atoms with van der Waals surface area (Å²) in [6.45, 7) is 5.63. The zero-order valence-electron chi connectivity index (χ0n) is 9.40. The minimum Gasteiger partial charge on any atom is -0.449 e. The van der Waals surface area contributed by atoms with Gasteiger partial charge in [0.1, 0.15) is 13.2 Å². The van der Waals surface area contributed by atoms with Gasteiger partial charge in [-0.1, -0.05) is 13.0 Å². The molecule has 0 aliphatic heterocycles. The molecule has 0 aromatic rings. The summed E-state index contributed by atoms with van der Waals surface area (Å²) >= 11 is 0. The Labute approximate surface area is 94.6 Å². The highest BCUT2D eigenvalue weighted by Crippen LogP contribution is 2.28. The molecule has 6 nitrogen and oxygen atoms in total. The van der Waals surface area contributed by atoms with Crippen molar-refractivity contribution in [3.8, 4) is 0 Å². The first-order valence-electron chi connectivity index (χ1n) is 4.91. The lowest BCUT2D eigenvalue weighted by Gasteiger charge is -2.29. The van der Waals surface area contributed by atoms with Gasteiger partial charge in [-0.05, 0) is 12.8 Å². The first-order valence-corrected chi connectivity index (χ1v) is 4.91. The summed E-state index contributed by atoms with van der Waals surface area (Å²) in [5, 5.41) is 0. The van der Waals surface area contributed by atoms with E-state index in [0.29, 0.717) is 12.8 Å². The van der Waals surface area contributed by atoms with E-state index >= 15 is 0 Å². The number of rotatable bonds is 7. The summed E-state index contributed by atoms with van der Waals surface area (Å²) in [6.07, 6.45) is 1.11. The van der Waals surface area contributed by atoms with Crippen molar-refractivity contribution in [2.24, 2.45) is 16.9 Å². The molecule has 0 atom stereocenters. The van der Waals surface area contributed by atoms with Crippen LogP contribution in [0.1, 0.15) is 19.8 Å². The fourth-order valence-electron chi connectivity index (χ4n) is 1.26. The summed E-state index contributed by atoms with van der Waals surface area (Å²) in [5.74, 6) is 0. The molecule has 4 N–H and O–H groups in total. The van der Waals surface area contributed by atoms with Gasteiger partial charge in [0.15, 0.2) is 0 Å². The number of ether oxygens (including phenoxy) is 2. The molecule has 6 heteroatoms. The molecule has 0 unspecified atom stereocenters. The largest absolute Gasteiger partial charge is 0.449 e.